The van der Waals surface area contributed by atoms with Crippen LogP contribution in [0.15, 0.2) is 0 Å². The lowest BCUT2D eigenvalue weighted by molar-refractivity contribution is -0.122. The molecular formula is C34H69NO5S. The minimum absolute atomic E-state index is 0.244. The van der Waals surface area contributed by atoms with E-state index in [0.29, 0.717) is 12.8 Å². The number of carbonyl (C=O) groups is 1. The van der Waals surface area contributed by atoms with Crippen LogP contribution in [0, 0.1) is 0 Å². The Balaban J connectivity index is 3.87. The van der Waals surface area contributed by atoms with Gasteiger partial charge >= 0.3 is 0 Å². The van der Waals surface area contributed by atoms with Gasteiger partial charge in [0, 0.05) is 6.42 Å². The Hall–Kier alpha value is -0.660. The average Bonchev–Trinajstić information content (AvgIpc) is 2.92. The van der Waals surface area contributed by atoms with Crippen molar-refractivity contribution in [1.29, 1.82) is 0 Å². The Kier molecular flexibility index (Phi) is 28.9. The summed E-state index contributed by atoms with van der Waals surface area (Å²) in [5.41, 5.74) is 0. The van der Waals surface area contributed by atoms with Crippen molar-refractivity contribution in [2.45, 2.75) is 206 Å². The Morgan fingerprint density at radius 1 is 0.561 bits per heavy atom. The summed E-state index contributed by atoms with van der Waals surface area (Å²) in [7, 11) is -4.29. The quantitative estimate of drug-likeness (QED) is 0.0524. The van der Waals surface area contributed by atoms with Gasteiger partial charge in [-0.1, -0.05) is 174 Å². The fraction of sp³-hybridized carbons (Fsp3) is 0.971. The van der Waals surface area contributed by atoms with Gasteiger partial charge < -0.3 is 10.4 Å². The molecule has 0 aliphatic rings. The van der Waals surface area contributed by atoms with Gasteiger partial charge in [0.05, 0.1) is 17.9 Å². The molecule has 41 heavy (non-hydrogen) atoms. The highest BCUT2D eigenvalue weighted by atomic mass is 32.2. The zero-order valence-electron chi connectivity index (χ0n) is 27.2. The standard InChI is InChI=1S/C34H69NO5S/c1-3-5-7-9-11-13-15-16-17-18-19-20-22-24-26-28-30-34(37)35-32(31-41(38,39)40)33(36)29-27-25-23-21-14-12-10-8-6-4-2/h32-33,36H,3-31H2,1-2H3,(H,35,37)(H,38,39,40). The molecule has 0 aromatic rings. The van der Waals surface area contributed by atoms with Crippen LogP contribution in [0.5, 0.6) is 0 Å². The van der Waals surface area contributed by atoms with Crippen LogP contribution in [0.1, 0.15) is 194 Å². The molecule has 0 aliphatic carbocycles. The highest BCUT2D eigenvalue weighted by Gasteiger charge is 2.26. The summed E-state index contributed by atoms with van der Waals surface area (Å²) in [4.78, 5) is 12.4. The van der Waals surface area contributed by atoms with Crippen molar-refractivity contribution in [3.05, 3.63) is 0 Å². The molecule has 6 nitrogen and oxygen atoms in total. The van der Waals surface area contributed by atoms with Crippen LogP contribution < -0.4 is 5.32 Å². The van der Waals surface area contributed by atoms with E-state index in [-0.39, 0.29) is 5.91 Å². The van der Waals surface area contributed by atoms with E-state index in [1.54, 1.807) is 0 Å². The summed E-state index contributed by atoms with van der Waals surface area (Å²) in [5.74, 6) is -0.887. The number of hydrogen-bond acceptors (Lipinski definition) is 4. The first kappa shape index (κ1) is 40.3. The second-order valence-corrected chi connectivity index (χ2v) is 14.0. The third-order valence-corrected chi connectivity index (χ3v) is 9.09. The Labute approximate surface area is 255 Å². The zero-order valence-corrected chi connectivity index (χ0v) is 28.0. The second-order valence-electron chi connectivity index (χ2n) is 12.5. The monoisotopic (exact) mass is 603 g/mol. The molecule has 0 spiro atoms. The summed E-state index contributed by atoms with van der Waals surface area (Å²) < 4.78 is 32.3. The zero-order chi connectivity index (χ0) is 30.4. The fourth-order valence-corrected chi connectivity index (χ4v) is 6.39. The van der Waals surface area contributed by atoms with E-state index in [4.69, 9.17) is 0 Å². The molecule has 0 aromatic heterocycles. The van der Waals surface area contributed by atoms with E-state index in [9.17, 15) is 22.9 Å². The number of rotatable bonds is 32. The van der Waals surface area contributed by atoms with Gasteiger partial charge in [0.15, 0.2) is 0 Å². The molecule has 2 atom stereocenters. The number of unbranched alkanes of at least 4 members (excludes halogenated alkanes) is 24. The van der Waals surface area contributed by atoms with Crippen molar-refractivity contribution >= 4 is 16.0 Å². The van der Waals surface area contributed by atoms with E-state index < -0.39 is 28.0 Å². The molecule has 0 radical (unpaired) electrons. The normalized spacial score (nSPS) is 13.4. The minimum Gasteiger partial charge on any atom is -0.391 e. The van der Waals surface area contributed by atoms with Crippen LogP contribution in [0.2, 0.25) is 0 Å². The highest BCUT2D eigenvalue weighted by molar-refractivity contribution is 7.85. The lowest BCUT2D eigenvalue weighted by Gasteiger charge is -2.23. The van der Waals surface area contributed by atoms with E-state index in [1.165, 1.54) is 128 Å². The Bertz CT molecular complexity index is 670. The van der Waals surface area contributed by atoms with Gasteiger partial charge in [0.25, 0.3) is 10.1 Å². The van der Waals surface area contributed by atoms with Crippen molar-refractivity contribution in [1.82, 2.24) is 5.32 Å². The van der Waals surface area contributed by atoms with Crippen molar-refractivity contribution in [3.63, 3.8) is 0 Å². The summed E-state index contributed by atoms with van der Waals surface area (Å²) in [6, 6.07) is -0.961. The third-order valence-electron chi connectivity index (χ3n) is 8.31. The van der Waals surface area contributed by atoms with Gasteiger partial charge in [-0.2, -0.15) is 8.42 Å². The Morgan fingerprint density at radius 3 is 1.22 bits per heavy atom. The van der Waals surface area contributed by atoms with Crippen LogP contribution in [-0.4, -0.2) is 41.9 Å². The van der Waals surface area contributed by atoms with Crippen molar-refractivity contribution in [2.75, 3.05) is 5.75 Å². The van der Waals surface area contributed by atoms with Gasteiger partial charge in [-0.15, -0.1) is 0 Å². The maximum Gasteiger partial charge on any atom is 0.266 e. The smallest absolute Gasteiger partial charge is 0.266 e. The first-order valence-corrected chi connectivity index (χ1v) is 19.3. The summed E-state index contributed by atoms with van der Waals surface area (Å²) in [6.45, 7) is 4.49. The van der Waals surface area contributed by atoms with Crippen molar-refractivity contribution in [3.8, 4) is 0 Å². The average molecular weight is 604 g/mol. The number of aliphatic hydroxyl groups excluding tert-OH is 1. The number of amides is 1. The molecule has 0 heterocycles. The highest BCUT2D eigenvalue weighted by Crippen LogP contribution is 2.16. The molecule has 0 saturated heterocycles. The predicted octanol–water partition coefficient (Wildman–Crippen LogP) is 9.68. The number of hydrogen-bond donors (Lipinski definition) is 3. The number of aliphatic hydroxyl groups is 1. The summed E-state index contributed by atoms with van der Waals surface area (Å²) in [5, 5.41) is 13.2. The lowest BCUT2D eigenvalue weighted by Crippen LogP contribution is -2.47. The van der Waals surface area contributed by atoms with E-state index in [0.717, 1.165) is 38.5 Å². The molecule has 246 valence electrons. The second kappa shape index (κ2) is 29.4. The van der Waals surface area contributed by atoms with Crippen molar-refractivity contribution < 1.29 is 22.9 Å². The van der Waals surface area contributed by atoms with Crippen LogP contribution >= 0.6 is 0 Å². The van der Waals surface area contributed by atoms with Gasteiger partial charge in [-0.3, -0.25) is 9.35 Å². The Morgan fingerprint density at radius 2 is 0.878 bits per heavy atom. The van der Waals surface area contributed by atoms with E-state index in [2.05, 4.69) is 19.2 Å². The fourth-order valence-electron chi connectivity index (χ4n) is 5.63. The summed E-state index contributed by atoms with van der Waals surface area (Å²) >= 11 is 0. The molecule has 1 amide bonds. The van der Waals surface area contributed by atoms with Crippen LogP contribution in [-0.2, 0) is 14.9 Å². The molecule has 0 aromatic carbocycles. The molecule has 0 saturated carbocycles. The lowest BCUT2D eigenvalue weighted by atomic mass is 10.0. The summed E-state index contributed by atoms with van der Waals surface area (Å²) in [6.07, 6.45) is 31.9. The van der Waals surface area contributed by atoms with E-state index in [1.807, 2.05) is 0 Å². The largest absolute Gasteiger partial charge is 0.391 e. The van der Waals surface area contributed by atoms with Crippen LogP contribution in [0.3, 0.4) is 0 Å². The molecular weight excluding hydrogens is 534 g/mol. The minimum atomic E-state index is -4.29. The third kappa shape index (κ3) is 30.6. The topological polar surface area (TPSA) is 104 Å². The number of nitrogens with one attached hydrogen (secondary N) is 1. The first-order chi connectivity index (χ1) is 19.8. The maximum absolute atomic E-state index is 12.4. The predicted molar refractivity (Wildman–Crippen MR) is 175 cm³/mol. The molecule has 2 unspecified atom stereocenters. The number of carbonyl (C=O) groups excluding carboxylic acids is 1. The maximum atomic E-state index is 12.4. The molecule has 7 heteroatoms. The molecule has 0 aliphatic heterocycles. The van der Waals surface area contributed by atoms with Crippen molar-refractivity contribution in [2.24, 2.45) is 0 Å². The van der Waals surface area contributed by atoms with Crippen LogP contribution in [0.25, 0.3) is 0 Å². The van der Waals surface area contributed by atoms with Gasteiger partial charge in [0.1, 0.15) is 0 Å². The van der Waals surface area contributed by atoms with Gasteiger partial charge in [-0.25, -0.2) is 0 Å². The van der Waals surface area contributed by atoms with Crippen LogP contribution in [0.4, 0.5) is 0 Å². The molecule has 0 rings (SSSR count). The molecule has 3 N–H and O–H groups in total. The molecule has 0 fully saturated rings. The van der Waals surface area contributed by atoms with E-state index >= 15 is 0 Å². The van der Waals surface area contributed by atoms with Gasteiger partial charge in [-0.05, 0) is 12.8 Å². The first-order valence-electron chi connectivity index (χ1n) is 17.7. The van der Waals surface area contributed by atoms with Gasteiger partial charge in [0.2, 0.25) is 5.91 Å². The molecule has 0 bridgehead atoms. The SMILES string of the molecule is CCCCCCCCCCCCCCCCCCC(=O)NC(CS(=O)(=O)O)C(O)CCCCCCCCCCCC.